The Hall–Kier alpha value is -4.19. The predicted molar refractivity (Wildman–Crippen MR) is 123 cm³/mol. The molecule has 6 heteroatoms. The van der Waals surface area contributed by atoms with E-state index in [2.05, 4.69) is 20.8 Å². The van der Waals surface area contributed by atoms with Gasteiger partial charge in [0.05, 0.1) is 12.1 Å². The smallest absolute Gasteiger partial charge is 0.272 e. The summed E-state index contributed by atoms with van der Waals surface area (Å²) < 4.78 is 0. The molecule has 3 N–H and O–H groups in total. The van der Waals surface area contributed by atoms with E-state index in [9.17, 15) is 9.59 Å². The van der Waals surface area contributed by atoms with Crippen molar-refractivity contribution < 1.29 is 9.59 Å². The Morgan fingerprint density at radius 2 is 1.74 bits per heavy atom. The van der Waals surface area contributed by atoms with Crippen LogP contribution in [0.3, 0.4) is 0 Å². The van der Waals surface area contributed by atoms with Crippen LogP contribution >= 0.6 is 0 Å². The molecule has 2 amide bonds. The van der Waals surface area contributed by atoms with Crippen molar-refractivity contribution in [2.45, 2.75) is 13.3 Å². The largest absolute Gasteiger partial charge is 0.357 e. The van der Waals surface area contributed by atoms with E-state index in [1.165, 1.54) is 0 Å². The van der Waals surface area contributed by atoms with Crippen molar-refractivity contribution in [3.8, 4) is 0 Å². The van der Waals surface area contributed by atoms with E-state index in [-0.39, 0.29) is 18.2 Å². The third-order valence-corrected chi connectivity index (χ3v) is 4.96. The number of anilines is 1. The zero-order valence-electron chi connectivity index (χ0n) is 17.1. The van der Waals surface area contributed by atoms with Gasteiger partial charge in [-0.05, 0) is 53.1 Å². The van der Waals surface area contributed by atoms with E-state index in [1.807, 2.05) is 67.6 Å². The van der Waals surface area contributed by atoms with E-state index in [1.54, 1.807) is 24.4 Å². The summed E-state index contributed by atoms with van der Waals surface area (Å²) in [5.74, 6) is -0.410. The van der Waals surface area contributed by atoms with Crippen molar-refractivity contribution in [2.75, 3.05) is 5.32 Å². The Bertz CT molecular complexity index is 1250. The van der Waals surface area contributed by atoms with Crippen molar-refractivity contribution in [3.63, 3.8) is 0 Å². The van der Waals surface area contributed by atoms with Gasteiger partial charge in [-0.15, -0.1) is 0 Å². The fourth-order valence-corrected chi connectivity index (χ4v) is 3.36. The first kappa shape index (κ1) is 20.1. The molecule has 0 saturated heterocycles. The molecule has 0 fully saturated rings. The lowest BCUT2D eigenvalue weighted by Crippen LogP contribution is -2.21. The molecule has 0 spiro atoms. The number of hydrazone groups is 1. The maximum absolute atomic E-state index is 12.5. The van der Waals surface area contributed by atoms with Gasteiger partial charge in [-0.3, -0.25) is 9.59 Å². The van der Waals surface area contributed by atoms with Gasteiger partial charge in [-0.1, -0.05) is 54.6 Å². The second-order valence-electron chi connectivity index (χ2n) is 7.17. The molecule has 0 radical (unpaired) electrons. The molecule has 4 aromatic rings. The summed E-state index contributed by atoms with van der Waals surface area (Å²) in [5.41, 5.74) is 6.16. The number of hydrogen-bond acceptors (Lipinski definition) is 3. The first-order valence-corrected chi connectivity index (χ1v) is 9.95. The number of aromatic amines is 1. The van der Waals surface area contributed by atoms with Crippen LogP contribution < -0.4 is 10.7 Å². The van der Waals surface area contributed by atoms with Gasteiger partial charge in [0.15, 0.2) is 0 Å². The van der Waals surface area contributed by atoms with Gasteiger partial charge in [0, 0.05) is 11.9 Å². The Morgan fingerprint density at radius 1 is 0.935 bits per heavy atom. The van der Waals surface area contributed by atoms with Crippen molar-refractivity contribution in [1.82, 2.24) is 10.4 Å². The molecule has 31 heavy (non-hydrogen) atoms. The lowest BCUT2D eigenvalue weighted by molar-refractivity contribution is -0.120. The molecule has 0 saturated carbocycles. The highest BCUT2D eigenvalue weighted by Gasteiger charge is 2.09. The molecule has 4 rings (SSSR count). The van der Waals surface area contributed by atoms with Gasteiger partial charge in [-0.25, -0.2) is 5.43 Å². The number of nitrogens with zero attached hydrogens (tertiary/aromatic N) is 1. The standard InChI is InChI=1S/C25H22N4O2/c1-17(19-9-5-11-21(15-19)27-25(31)23-13-6-14-26-23)28-29-24(30)16-20-10-4-8-18-7-2-3-12-22(18)20/h2-15,26H,16H2,1H3,(H,27,31)(H,29,30)/b28-17+. The van der Waals surface area contributed by atoms with Crippen LogP contribution in [-0.2, 0) is 11.2 Å². The summed E-state index contributed by atoms with van der Waals surface area (Å²) in [6.07, 6.45) is 1.94. The number of hydrogen-bond donors (Lipinski definition) is 3. The summed E-state index contributed by atoms with van der Waals surface area (Å²) in [4.78, 5) is 27.5. The molecule has 3 aromatic carbocycles. The lowest BCUT2D eigenvalue weighted by Gasteiger charge is -2.08. The second kappa shape index (κ2) is 9.09. The van der Waals surface area contributed by atoms with Gasteiger partial charge in [0.1, 0.15) is 5.69 Å². The maximum atomic E-state index is 12.5. The minimum Gasteiger partial charge on any atom is -0.357 e. The molecule has 154 valence electrons. The first-order valence-electron chi connectivity index (χ1n) is 9.95. The minimum atomic E-state index is -0.222. The van der Waals surface area contributed by atoms with Crippen molar-refractivity contribution in [2.24, 2.45) is 5.10 Å². The number of H-pyrrole nitrogens is 1. The first-order chi connectivity index (χ1) is 15.1. The number of carbonyl (C=O) groups is 2. The molecule has 0 aliphatic rings. The van der Waals surface area contributed by atoms with Crippen LogP contribution in [0.1, 0.15) is 28.5 Å². The lowest BCUT2D eigenvalue weighted by atomic mass is 10.0. The van der Waals surface area contributed by atoms with E-state index in [0.29, 0.717) is 17.1 Å². The van der Waals surface area contributed by atoms with Gasteiger partial charge < -0.3 is 10.3 Å². The SMILES string of the molecule is C/C(=N\NC(=O)Cc1cccc2ccccc12)c1cccc(NC(=O)c2ccc[nH]2)c1. The Kier molecular flexibility index (Phi) is 5.89. The molecule has 0 aliphatic heterocycles. The van der Waals surface area contributed by atoms with E-state index in [4.69, 9.17) is 0 Å². The van der Waals surface area contributed by atoms with Crippen molar-refractivity contribution in [3.05, 3.63) is 102 Å². The van der Waals surface area contributed by atoms with E-state index >= 15 is 0 Å². The zero-order chi connectivity index (χ0) is 21.6. The summed E-state index contributed by atoms with van der Waals surface area (Å²) >= 11 is 0. The summed E-state index contributed by atoms with van der Waals surface area (Å²) in [7, 11) is 0. The Morgan fingerprint density at radius 3 is 2.58 bits per heavy atom. The number of benzene rings is 3. The number of carbonyl (C=O) groups excluding carboxylic acids is 2. The van der Waals surface area contributed by atoms with Crippen LogP contribution in [0.25, 0.3) is 10.8 Å². The second-order valence-corrected chi connectivity index (χ2v) is 7.17. The number of nitrogens with one attached hydrogen (secondary N) is 3. The monoisotopic (exact) mass is 410 g/mol. The zero-order valence-corrected chi connectivity index (χ0v) is 17.1. The third-order valence-electron chi connectivity index (χ3n) is 4.96. The predicted octanol–water partition coefficient (Wildman–Crippen LogP) is 4.50. The van der Waals surface area contributed by atoms with Crippen molar-refractivity contribution in [1.29, 1.82) is 0 Å². The van der Waals surface area contributed by atoms with Gasteiger partial charge in [0.25, 0.3) is 5.91 Å². The topological polar surface area (TPSA) is 86.3 Å². The highest BCUT2D eigenvalue weighted by atomic mass is 16.2. The molecular formula is C25H22N4O2. The molecule has 0 unspecified atom stereocenters. The maximum Gasteiger partial charge on any atom is 0.272 e. The average Bonchev–Trinajstić information content (AvgIpc) is 3.33. The highest BCUT2D eigenvalue weighted by molar-refractivity contribution is 6.05. The van der Waals surface area contributed by atoms with Gasteiger partial charge in [0.2, 0.25) is 5.91 Å². The van der Waals surface area contributed by atoms with Gasteiger partial charge >= 0.3 is 0 Å². The van der Waals surface area contributed by atoms with Crippen LogP contribution in [0.5, 0.6) is 0 Å². The number of aromatic nitrogens is 1. The molecule has 6 nitrogen and oxygen atoms in total. The van der Waals surface area contributed by atoms with Crippen LogP contribution in [0.15, 0.2) is 90.2 Å². The fourth-order valence-electron chi connectivity index (χ4n) is 3.36. The molecular weight excluding hydrogens is 388 g/mol. The molecule has 0 bridgehead atoms. The van der Waals surface area contributed by atoms with E-state index < -0.39 is 0 Å². The van der Waals surface area contributed by atoms with Crippen LogP contribution in [0.4, 0.5) is 5.69 Å². The summed E-state index contributed by atoms with van der Waals surface area (Å²) in [6.45, 7) is 1.81. The summed E-state index contributed by atoms with van der Waals surface area (Å²) in [6, 6.07) is 24.7. The van der Waals surface area contributed by atoms with Crippen molar-refractivity contribution >= 4 is 34.0 Å². The number of fused-ring (bicyclic) bond motifs is 1. The Balaban J connectivity index is 1.42. The molecule has 0 aliphatic carbocycles. The number of amides is 2. The van der Waals surface area contributed by atoms with Gasteiger partial charge in [-0.2, -0.15) is 5.10 Å². The Labute approximate surface area is 180 Å². The average molecular weight is 410 g/mol. The molecule has 0 atom stereocenters. The summed E-state index contributed by atoms with van der Waals surface area (Å²) in [5, 5.41) is 9.24. The third kappa shape index (κ3) is 4.87. The molecule has 1 heterocycles. The van der Waals surface area contributed by atoms with Crippen LogP contribution in [-0.4, -0.2) is 22.5 Å². The quantitative estimate of drug-likeness (QED) is 0.323. The number of rotatable bonds is 6. The minimum absolute atomic E-state index is 0.188. The van der Waals surface area contributed by atoms with Crippen LogP contribution in [0.2, 0.25) is 0 Å². The highest BCUT2D eigenvalue weighted by Crippen LogP contribution is 2.19. The fraction of sp³-hybridized carbons (Fsp3) is 0.0800. The van der Waals surface area contributed by atoms with E-state index in [0.717, 1.165) is 21.9 Å². The molecule has 1 aromatic heterocycles. The normalized spacial score (nSPS) is 11.3. The van der Waals surface area contributed by atoms with Crippen LogP contribution in [0, 0.1) is 0 Å².